The van der Waals surface area contributed by atoms with Crippen molar-refractivity contribution in [2.45, 2.75) is 32.9 Å². The van der Waals surface area contributed by atoms with Crippen LogP contribution in [0.2, 0.25) is 0 Å². The Labute approximate surface area is 111 Å². The first-order valence-corrected chi connectivity index (χ1v) is 5.92. The van der Waals surface area contributed by atoms with Crippen molar-refractivity contribution in [3.05, 3.63) is 34.2 Å². The minimum absolute atomic E-state index is 0.0329. The average molecular weight is 267 g/mol. The summed E-state index contributed by atoms with van der Waals surface area (Å²) in [6.07, 6.45) is 1.53. The molecule has 6 heteroatoms. The van der Waals surface area contributed by atoms with Gasteiger partial charge >= 0.3 is 0 Å². The number of nitrogens with two attached hydrogens (primary N) is 1. The van der Waals surface area contributed by atoms with E-state index in [4.69, 9.17) is 18.0 Å². The zero-order chi connectivity index (χ0) is 13.9. The molecule has 5 nitrogen and oxygen atoms in total. The van der Waals surface area contributed by atoms with Gasteiger partial charge in [-0.2, -0.15) is 0 Å². The maximum atomic E-state index is 11.9. The van der Waals surface area contributed by atoms with Crippen molar-refractivity contribution in [3.8, 4) is 0 Å². The molecule has 0 saturated carbocycles. The molecule has 1 heterocycles. The SMILES string of the molecule is CC(C)(C)NC(=O)Cn1cccc(C(N)=S)c1=O. The van der Waals surface area contributed by atoms with Gasteiger partial charge in [0.05, 0.1) is 5.56 Å². The first-order valence-electron chi connectivity index (χ1n) is 5.51. The quantitative estimate of drug-likeness (QED) is 0.777. The van der Waals surface area contributed by atoms with E-state index >= 15 is 0 Å². The molecular formula is C12H17N3O2S. The number of nitrogens with zero attached hydrogens (tertiary/aromatic N) is 1. The molecule has 0 aromatic carbocycles. The number of carbonyl (C=O) groups excluding carboxylic acids is 1. The molecule has 1 rings (SSSR count). The van der Waals surface area contributed by atoms with Crippen molar-refractivity contribution in [1.29, 1.82) is 0 Å². The Morgan fingerprint density at radius 1 is 1.50 bits per heavy atom. The Kier molecular flexibility index (Phi) is 4.24. The number of nitrogens with one attached hydrogen (secondary N) is 1. The van der Waals surface area contributed by atoms with Crippen LogP contribution in [-0.4, -0.2) is 21.0 Å². The number of pyridine rings is 1. The summed E-state index contributed by atoms with van der Waals surface area (Å²) in [7, 11) is 0. The van der Waals surface area contributed by atoms with E-state index in [-0.39, 0.29) is 34.1 Å². The molecule has 1 aromatic heterocycles. The fraction of sp³-hybridized carbons (Fsp3) is 0.417. The number of carbonyl (C=O) groups is 1. The van der Waals surface area contributed by atoms with E-state index in [9.17, 15) is 9.59 Å². The smallest absolute Gasteiger partial charge is 0.261 e. The first kappa shape index (κ1) is 14.4. The standard InChI is InChI=1S/C12H17N3O2S/c1-12(2,3)14-9(16)7-15-6-4-5-8(10(13)18)11(15)17/h4-6H,7H2,1-3H3,(H2,13,18)(H,14,16). The van der Waals surface area contributed by atoms with E-state index in [2.05, 4.69) is 5.32 Å². The lowest BCUT2D eigenvalue weighted by atomic mass is 10.1. The minimum atomic E-state index is -0.353. The van der Waals surface area contributed by atoms with Gasteiger partial charge in [-0.3, -0.25) is 9.59 Å². The minimum Gasteiger partial charge on any atom is -0.389 e. The van der Waals surface area contributed by atoms with Crippen LogP contribution >= 0.6 is 12.2 Å². The van der Waals surface area contributed by atoms with Gasteiger partial charge in [-0.05, 0) is 32.9 Å². The zero-order valence-corrected chi connectivity index (χ0v) is 11.5. The molecule has 98 valence electrons. The molecule has 0 aliphatic carbocycles. The van der Waals surface area contributed by atoms with Crippen molar-refractivity contribution >= 4 is 23.1 Å². The highest BCUT2D eigenvalue weighted by Crippen LogP contribution is 1.99. The predicted molar refractivity (Wildman–Crippen MR) is 74.5 cm³/mol. The number of amides is 1. The third-order valence-electron chi connectivity index (χ3n) is 2.11. The van der Waals surface area contributed by atoms with Gasteiger partial charge in [0.2, 0.25) is 5.91 Å². The van der Waals surface area contributed by atoms with Crippen molar-refractivity contribution in [1.82, 2.24) is 9.88 Å². The van der Waals surface area contributed by atoms with Crippen LogP contribution in [-0.2, 0) is 11.3 Å². The maximum Gasteiger partial charge on any atom is 0.261 e. The lowest BCUT2D eigenvalue weighted by Gasteiger charge is -2.20. The first-order chi connectivity index (χ1) is 8.20. The van der Waals surface area contributed by atoms with Crippen LogP contribution in [0.15, 0.2) is 23.1 Å². The lowest BCUT2D eigenvalue weighted by Crippen LogP contribution is -2.43. The Balaban J connectivity index is 2.93. The van der Waals surface area contributed by atoms with Crippen LogP contribution in [0.3, 0.4) is 0 Å². The van der Waals surface area contributed by atoms with E-state index in [0.717, 1.165) is 0 Å². The summed E-state index contributed by atoms with van der Waals surface area (Å²) in [6, 6.07) is 3.18. The van der Waals surface area contributed by atoms with Crippen molar-refractivity contribution in [3.63, 3.8) is 0 Å². The highest BCUT2D eigenvalue weighted by molar-refractivity contribution is 7.80. The summed E-state index contributed by atoms with van der Waals surface area (Å²) in [5, 5.41) is 2.78. The number of hydrogen-bond acceptors (Lipinski definition) is 3. The maximum absolute atomic E-state index is 11.9. The Bertz CT molecular complexity index is 529. The Hall–Kier alpha value is -1.69. The number of thiocarbonyl (C=S) groups is 1. The van der Waals surface area contributed by atoms with Gasteiger partial charge in [-0.15, -0.1) is 0 Å². The molecule has 18 heavy (non-hydrogen) atoms. The molecule has 0 aliphatic heterocycles. The van der Waals surface area contributed by atoms with Crippen LogP contribution in [0.5, 0.6) is 0 Å². The number of hydrogen-bond donors (Lipinski definition) is 2. The molecular weight excluding hydrogens is 250 g/mol. The molecule has 0 spiro atoms. The van der Waals surface area contributed by atoms with Gasteiger partial charge in [0.25, 0.3) is 5.56 Å². The predicted octanol–water partition coefficient (Wildman–Crippen LogP) is 0.397. The fourth-order valence-electron chi connectivity index (χ4n) is 1.46. The van der Waals surface area contributed by atoms with Crippen LogP contribution in [0.25, 0.3) is 0 Å². The summed E-state index contributed by atoms with van der Waals surface area (Å²) in [4.78, 5) is 23.7. The second-order valence-corrected chi connectivity index (χ2v) is 5.46. The van der Waals surface area contributed by atoms with Crippen LogP contribution in [0.4, 0.5) is 0 Å². The Morgan fingerprint density at radius 2 is 2.11 bits per heavy atom. The summed E-state index contributed by atoms with van der Waals surface area (Å²) in [6.45, 7) is 5.57. The Morgan fingerprint density at radius 3 is 2.61 bits per heavy atom. The van der Waals surface area contributed by atoms with E-state index in [0.29, 0.717) is 0 Å². The topological polar surface area (TPSA) is 77.1 Å². The molecule has 0 unspecified atom stereocenters. The molecule has 3 N–H and O–H groups in total. The van der Waals surface area contributed by atoms with Gasteiger partial charge in [-0.1, -0.05) is 12.2 Å². The van der Waals surface area contributed by atoms with Crippen LogP contribution < -0.4 is 16.6 Å². The normalized spacial score (nSPS) is 11.1. The molecule has 0 fully saturated rings. The third kappa shape index (κ3) is 3.96. The summed E-state index contributed by atoms with van der Waals surface area (Å²) < 4.78 is 1.29. The monoisotopic (exact) mass is 267 g/mol. The number of aromatic nitrogens is 1. The zero-order valence-electron chi connectivity index (χ0n) is 10.7. The molecule has 0 bridgehead atoms. The third-order valence-corrected chi connectivity index (χ3v) is 2.33. The average Bonchev–Trinajstić information content (AvgIpc) is 2.17. The van der Waals surface area contributed by atoms with Crippen molar-refractivity contribution < 1.29 is 4.79 Å². The molecule has 0 saturated heterocycles. The summed E-state index contributed by atoms with van der Waals surface area (Å²) in [5.74, 6) is -0.232. The second-order valence-electron chi connectivity index (χ2n) is 5.02. The van der Waals surface area contributed by atoms with E-state index < -0.39 is 0 Å². The fourth-order valence-corrected chi connectivity index (χ4v) is 1.62. The van der Waals surface area contributed by atoms with E-state index in [1.165, 1.54) is 10.8 Å². The summed E-state index contributed by atoms with van der Waals surface area (Å²) >= 11 is 4.77. The van der Waals surface area contributed by atoms with Gasteiger partial charge < -0.3 is 15.6 Å². The highest BCUT2D eigenvalue weighted by Gasteiger charge is 2.15. The van der Waals surface area contributed by atoms with Gasteiger partial charge in [0, 0.05) is 11.7 Å². The van der Waals surface area contributed by atoms with Crippen LogP contribution in [0.1, 0.15) is 26.3 Å². The van der Waals surface area contributed by atoms with Gasteiger partial charge in [0.15, 0.2) is 0 Å². The van der Waals surface area contributed by atoms with Gasteiger partial charge in [-0.25, -0.2) is 0 Å². The number of rotatable bonds is 3. The van der Waals surface area contributed by atoms with Crippen molar-refractivity contribution in [2.24, 2.45) is 5.73 Å². The molecule has 0 atom stereocenters. The highest BCUT2D eigenvalue weighted by atomic mass is 32.1. The van der Waals surface area contributed by atoms with Crippen molar-refractivity contribution in [2.75, 3.05) is 0 Å². The van der Waals surface area contributed by atoms with E-state index in [1.54, 1.807) is 12.1 Å². The van der Waals surface area contributed by atoms with Crippen LogP contribution in [0, 0.1) is 0 Å². The van der Waals surface area contributed by atoms with E-state index in [1.807, 2.05) is 20.8 Å². The largest absolute Gasteiger partial charge is 0.389 e. The second kappa shape index (κ2) is 5.30. The molecule has 1 amide bonds. The molecule has 1 aromatic rings. The molecule has 0 aliphatic rings. The lowest BCUT2D eigenvalue weighted by molar-refractivity contribution is -0.123. The van der Waals surface area contributed by atoms with Gasteiger partial charge in [0.1, 0.15) is 11.5 Å². The molecule has 0 radical (unpaired) electrons. The summed E-state index contributed by atoms with van der Waals surface area (Å²) in [5.41, 5.74) is 5.00.